The maximum Gasteiger partial charge on any atom is 0.236 e. The lowest BCUT2D eigenvalue weighted by molar-refractivity contribution is -0.132. The molecule has 5 nitrogen and oxygen atoms in total. The molecule has 2 saturated heterocycles. The van der Waals surface area contributed by atoms with Gasteiger partial charge in [0.25, 0.3) is 0 Å². The van der Waals surface area contributed by atoms with Crippen LogP contribution in [-0.4, -0.2) is 54.5 Å². The summed E-state index contributed by atoms with van der Waals surface area (Å²) < 4.78 is 0. The van der Waals surface area contributed by atoms with Gasteiger partial charge in [-0.3, -0.25) is 15.1 Å². The number of rotatable bonds is 6. The number of nitrogens with zero attached hydrogens (tertiary/aromatic N) is 2. The lowest BCUT2D eigenvalue weighted by atomic mass is 9.84. The maximum absolute atomic E-state index is 12.5. The predicted octanol–water partition coefficient (Wildman–Crippen LogP) is 3.06. The van der Waals surface area contributed by atoms with E-state index in [0.29, 0.717) is 18.5 Å². The molecule has 0 bridgehead atoms. The fourth-order valence-corrected chi connectivity index (χ4v) is 4.73. The van der Waals surface area contributed by atoms with Gasteiger partial charge in [0.15, 0.2) is 0 Å². The molecule has 0 saturated carbocycles. The van der Waals surface area contributed by atoms with Gasteiger partial charge in [0.2, 0.25) is 5.91 Å². The van der Waals surface area contributed by atoms with E-state index in [0.717, 1.165) is 32.6 Å². The van der Waals surface area contributed by atoms with E-state index >= 15 is 0 Å². The molecule has 2 fully saturated rings. The van der Waals surface area contributed by atoms with Crippen LogP contribution >= 0.6 is 0 Å². The van der Waals surface area contributed by atoms with Gasteiger partial charge in [-0.25, -0.2) is 5.43 Å². The van der Waals surface area contributed by atoms with Crippen LogP contribution in [0.15, 0.2) is 54.6 Å². The van der Waals surface area contributed by atoms with Crippen LogP contribution in [-0.2, 0) is 4.79 Å². The highest BCUT2D eigenvalue weighted by Gasteiger charge is 2.40. The summed E-state index contributed by atoms with van der Waals surface area (Å²) >= 11 is 0. The lowest BCUT2D eigenvalue weighted by Crippen LogP contribution is -2.49. The summed E-state index contributed by atoms with van der Waals surface area (Å²) in [7, 11) is 0. The van der Waals surface area contributed by atoms with Gasteiger partial charge in [0, 0.05) is 38.1 Å². The van der Waals surface area contributed by atoms with E-state index in [2.05, 4.69) is 64.3 Å². The SMILES string of the molecule is CCN(CC)C(=O)CN1CCC2NNC(c3ccc(-c4ccccc4)cc3)C2C1. The van der Waals surface area contributed by atoms with E-state index in [1.807, 2.05) is 24.8 Å². The molecule has 2 aromatic rings. The summed E-state index contributed by atoms with van der Waals surface area (Å²) in [6.45, 7) is 8.13. The molecule has 29 heavy (non-hydrogen) atoms. The quantitative estimate of drug-likeness (QED) is 0.793. The first kappa shape index (κ1) is 20.1. The van der Waals surface area contributed by atoms with Gasteiger partial charge in [-0.1, -0.05) is 54.6 Å². The molecule has 0 radical (unpaired) electrons. The summed E-state index contributed by atoms with van der Waals surface area (Å²) in [5, 5.41) is 0. The summed E-state index contributed by atoms with van der Waals surface area (Å²) in [5.74, 6) is 0.715. The fraction of sp³-hybridized carbons (Fsp3) is 0.458. The molecular weight excluding hydrogens is 360 g/mol. The topological polar surface area (TPSA) is 47.6 Å². The Morgan fingerprint density at radius 3 is 2.38 bits per heavy atom. The first-order valence-electron chi connectivity index (χ1n) is 10.9. The number of hydrogen-bond acceptors (Lipinski definition) is 4. The predicted molar refractivity (Wildman–Crippen MR) is 117 cm³/mol. The van der Waals surface area contributed by atoms with Crippen molar-refractivity contribution in [3.05, 3.63) is 60.2 Å². The summed E-state index contributed by atoms with van der Waals surface area (Å²) in [4.78, 5) is 16.8. The largest absolute Gasteiger partial charge is 0.342 e. The number of likely N-dealkylation sites (N-methyl/N-ethyl adjacent to an activating group) is 1. The van der Waals surface area contributed by atoms with Gasteiger partial charge in [-0.2, -0.15) is 0 Å². The first-order chi connectivity index (χ1) is 14.2. The number of carbonyl (C=O) groups is 1. The third kappa shape index (κ3) is 4.37. The van der Waals surface area contributed by atoms with Crippen LogP contribution < -0.4 is 10.9 Å². The lowest BCUT2D eigenvalue weighted by Gasteiger charge is -2.36. The van der Waals surface area contributed by atoms with Crippen LogP contribution in [0.2, 0.25) is 0 Å². The minimum absolute atomic E-state index is 0.246. The van der Waals surface area contributed by atoms with Crippen LogP contribution in [0.25, 0.3) is 11.1 Å². The number of carbonyl (C=O) groups excluding carboxylic acids is 1. The van der Waals surface area contributed by atoms with Gasteiger partial charge >= 0.3 is 0 Å². The average molecular weight is 393 g/mol. The van der Waals surface area contributed by atoms with Crippen molar-refractivity contribution in [3.63, 3.8) is 0 Å². The number of hydrazine groups is 1. The molecule has 154 valence electrons. The second kappa shape index (κ2) is 9.08. The Labute approximate surface area is 174 Å². The molecule has 2 aliphatic heterocycles. The van der Waals surface area contributed by atoms with Crippen molar-refractivity contribution in [3.8, 4) is 11.1 Å². The number of likely N-dealkylation sites (tertiary alicyclic amines) is 1. The highest BCUT2D eigenvalue weighted by molar-refractivity contribution is 5.78. The molecule has 3 atom stereocenters. The number of hydrogen-bond donors (Lipinski definition) is 2. The zero-order chi connectivity index (χ0) is 20.2. The second-order valence-corrected chi connectivity index (χ2v) is 8.11. The van der Waals surface area contributed by atoms with Crippen LogP contribution in [0.3, 0.4) is 0 Å². The van der Waals surface area contributed by atoms with Crippen molar-refractivity contribution in [2.75, 3.05) is 32.7 Å². The monoisotopic (exact) mass is 392 g/mol. The molecule has 2 aliphatic rings. The molecule has 4 rings (SSSR count). The van der Waals surface area contributed by atoms with E-state index in [-0.39, 0.29) is 11.9 Å². The van der Waals surface area contributed by atoms with Gasteiger partial charge < -0.3 is 4.90 Å². The Bertz CT molecular complexity index is 803. The van der Waals surface area contributed by atoms with Crippen molar-refractivity contribution in [1.82, 2.24) is 20.7 Å². The van der Waals surface area contributed by atoms with Crippen molar-refractivity contribution < 1.29 is 4.79 Å². The average Bonchev–Trinajstić information content (AvgIpc) is 3.18. The molecule has 0 spiro atoms. The van der Waals surface area contributed by atoms with Crippen LogP contribution in [0.1, 0.15) is 31.9 Å². The Morgan fingerprint density at radius 1 is 1.00 bits per heavy atom. The molecule has 2 N–H and O–H groups in total. The number of benzene rings is 2. The number of piperidine rings is 1. The molecule has 0 aliphatic carbocycles. The molecule has 3 unspecified atom stereocenters. The van der Waals surface area contributed by atoms with Crippen LogP contribution in [0, 0.1) is 5.92 Å². The zero-order valence-corrected chi connectivity index (χ0v) is 17.5. The minimum atomic E-state index is 0.246. The molecular formula is C24H32N4O. The standard InChI is InChI=1S/C24H32N4O/c1-3-28(4-2)23(29)17-27-15-14-22-21(16-27)24(26-25-22)20-12-10-19(11-13-20)18-8-6-5-7-9-18/h5-13,21-22,24-26H,3-4,14-17H2,1-2H3. The van der Waals surface area contributed by atoms with Crippen molar-refractivity contribution in [2.45, 2.75) is 32.4 Å². The number of nitrogens with one attached hydrogen (secondary N) is 2. The summed E-state index contributed by atoms with van der Waals surface area (Å²) in [5.41, 5.74) is 10.8. The third-order valence-corrected chi connectivity index (χ3v) is 6.45. The number of fused-ring (bicyclic) bond motifs is 1. The maximum atomic E-state index is 12.5. The van der Waals surface area contributed by atoms with E-state index < -0.39 is 0 Å². The van der Waals surface area contributed by atoms with Crippen molar-refractivity contribution in [1.29, 1.82) is 0 Å². The van der Waals surface area contributed by atoms with E-state index in [1.165, 1.54) is 16.7 Å². The number of amides is 1. The summed E-state index contributed by atoms with van der Waals surface area (Å²) in [6, 6.07) is 20.1. The Kier molecular flexibility index (Phi) is 6.28. The van der Waals surface area contributed by atoms with Crippen LogP contribution in [0.5, 0.6) is 0 Å². The van der Waals surface area contributed by atoms with Gasteiger partial charge in [0.05, 0.1) is 12.6 Å². The van der Waals surface area contributed by atoms with Gasteiger partial charge in [-0.05, 0) is 37.0 Å². The molecule has 1 amide bonds. The normalized spacial score (nSPS) is 24.3. The first-order valence-corrected chi connectivity index (χ1v) is 10.9. The molecule has 0 aromatic heterocycles. The van der Waals surface area contributed by atoms with Crippen molar-refractivity contribution in [2.24, 2.45) is 5.92 Å². The highest BCUT2D eigenvalue weighted by atomic mass is 16.2. The zero-order valence-electron chi connectivity index (χ0n) is 17.5. The van der Waals surface area contributed by atoms with Gasteiger partial charge in [0.1, 0.15) is 0 Å². The smallest absolute Gasteiger partial charge is 0.236 e. The van der Waals surface area contributed by atoms with E-state index in [4.69, 9.17) is 0 Å². The van der Waals surface area contributed by atoms with Gasteiger partial charge in [-0.15, -0.1) is 0 Å². The minimum Gasteiger partial charge on any atom is -0.342 e. The highest BCUT2D eigenvalue weighted by Crippen LogP contribution is 2.34. The second-order valence-electron chi connectivity index (χ2n) is 8.11. The van der Waals surface area contributed by atoms with E-state index in [9.17, 15) is 4.79 Å². The van der Waals surface area contributed by atoms with E-state index in [1.54, 1.807) is 0 Å². The molecule has 5 heteroatoms. The molecule has 2 heterocycles. The Hall–Kier alpha value is -2.21. The summed E-state index contributed by atoms with van der Waals surface area (Å²) in [6.07, 6.45) is 1.07. The van der Waals surface area contributed by atoms with Crippen LogP contribution in [0.4, 0.5) is 0 Å². The van der Waals surface area contributed by atoms with Crippen molar-refractivity contribution >= 4 is 5.91 Å². The Morgan fingerprint density at radius 2 is 1.69 bits per heavy atom. The molecule has 2 aromatic carbocycles. The fourth-order valence-electron chi connectivity index (χ4n) is 4.73. The Balaban J connectivity index is 1.43. The third-order valence-electron chi connectivity index (χ3n) is 6.45.